The van der Waals surface area contributed by atoms with Crippen molar-refractivity contribution in [2.24, 2.45) is 0 Å². The van der Waals surface area contributed by atoms with E-state index in [1.165, 1.54) is 5.56 Å². The second-order valence-electron chi connectivity index (χ2n) is 6.37. The van der Waals surface area contributed by atoms with Crippen molar-refractivity contribution < 1.29 is 14.3 Å². The molecule has 0 aliphatic carbocycles. The van der Waals surface area contributed by atoms with E-state index in [9.17, 15) is 9.59 Å². The number of esters is 1. The average Bonchev–Trinajstić information content (AvgIpc) is 2.73. The van der Waals surface area contributed by atoms with Crippen molar-refractivity contribution in [1.29, 1.82) is 0 Å². The molecule has 3 aromatic rings. The van der Waals surface area contributed by atoms with Gasteiger partial charge in [0, 0.05) is 12.0 Å². The highest BCUT2D eigenvalue weighted by Gasteiger charge is 2.10. The highest BCUT2D eigenvalue weighted by atomic mass is 16.5. The molecule has 0 saturated heterocycles. The molecule has 0 amide bonds. The molecule has 3 heteroatoms. The van der Waals surface area contributed by atoms with Crippen molar-refractivity contribution in [2.75, 3.05) is 6.61 Å². The molecule has 0 radical (unpaired) electrons. The zero-order valence-corrected chi connectivity index (χ0v) is 15.1. The number of aryl methyl sites for hydroxylation is 1. The van der Waals surface area contributed by atoms with Gasteiger partial charge in [-0.3, -0.25) is 9.59 Å². The number of hydrogen-bond acceptors (Lipinski definition) is 3. The fourth-order valence-electron chi connectivity index (χ4n) is 2.86. The number of carbonyl (C=O) groups excluding carboxylic acids is 2. The van der Waals surface area contributed by atoms with Gasteiger partial charge in [0.15, 0.2) is 12.4 Å². The van der Waals surface area contributed by atoms with Crippen LogP contribution in [0.3, 0.4) is 0 Å². The molecule has 0 aliphatic heterocycles. The van der Waals surface area contributed by atoms with Crippen LogP contribution >= 0.6 is 0 Å². The highest BCUT2D eigenvalue weighted by Crippen LogP contribution is 2.19. The van der Waals surface area contributed by atoms with Gasteiger partial charge in [0.1, 0.15) is 0 Å². The fourth-order valence-corrected chi connectivity index (χ4v) is 2.86. The van der Waals surface area contributed by atoms with Gasteiger partial charge in [-0.05, 0) is 29.5 Å². The van der Waals surface area contributed by atoms with Crippen LogP contribution < -0.4 is 0 Å². The van der Waals surface area contributed by atoms with E-state index in [0.717, 1.165) is 17.5 Å². The molecule has 0 unspecified atom stereocenters. The zero-order chi connectivity index (χ0) is 18.9. The second-order valence-corrected chi connectivity index (χ2v) is 6.37. The number of ether oxygens (including phenoxy) is 1. The summed E-state index contributed by atoms with van der Waals surface area (Å²) in [7, 11) is 0. The van der Waals surface area contributed by atoms with Gasteiger partial charge in [0.05, 0.1) is 0 Å². The Bertz CT molecular complexity index is 869. The molecule has 0 spiro atoms. The summed E-state index contributed by atoms with van der Waals surface area (Å²) in [5, 5.41) is 0. The molecule has 0 N–H and O–H groups in total. The standard InChI is InChI=1S/C24H22O3/c25-23(18-27-24(26)13-7-10-19-8-3-1-4-9-19)22-16-14-21(15-17-22)20-11-5-2-6-12-20/h1-6,8-9,11-12,14-17H,7,10,13,18H2. The quantitative estimate of drug-likeness (QED) is 0.415. The predicted octanol–water partition coefficient (Wildman–Crippen LogP) is 5.10. The second kappa shape index (κ2) is 9.48. The van der Waals surface area contributed by atoms with Crippen LogP contribution in [0.4, 0.5) is 0 Å². The summed E-state index contributed by atoms with van der Waals surface area (Å²) in [5.74, 6) is -0.522. The number of hydrogen-bond donors (Lipinski definition) is 0. The van der Waals surface area contributed by atoms with Crippen molar-refractivity contribution >= 4 is 11.8 Å². The van der Waals surface area contributed by atoms with Crippen LogP contribution in [0.15, 0.2) is 84.9 Å². The van der Waals surface area contributed by atoms with Crippen LogP contribution in [0.25, 0.3) is 11.1 Å². The van der Waals surface area contributed by atoms with Crippen LogP contribution in [0.5, 0.6) is 0 Å². The first-order valence-electron chi connectivity index (χ1n) is 9.10. The van der Waals surface area contributed by atoms with E-state index in [2.05, 4.69) is 0 Å². The molecule has 0 atom stereocenters. The Morgan fingerprint density at radius 2 is 1.30 bits per heavy atom. The third-order valence-corrected chi connectivity index (χ3v) is 4.37. The Morgan fingerprint density at radius 3 is 1.96 bits per heavy atom. The number of Topliss-reactive ketones (excluding diaryl/α,β-unsaturated/α-hetero) is 1. The number of benzene rings is 3. The van der Waals surface area contributed by atoms with E-state index in [1.54, 1.807) is 12.1 Å². The number of rotatable bonds is 8. The Labute approximate surface area is 159 Å². The van der Waals surface area contributed by atoms with Crippen molar-refractivity contribution in [1.82, 2.24) is 0 Å². The Morgan fingerprint density at radius 1 is 0.704 bits per heavy atom. The molecule has 0 aromatic heterocycles. The lowest BCUT2D eigenvalue weighted by molar-refractivity contribution is -0.142. The van der Waals surface area contributed by atoms with Crippen molar-refractivity contribution in [3.8, 4) is 11.1 Å². The van der Waals surface area contributed by atoms with E-state index in [4.69, 9.17) is 4.74 Å². The van der Waals surface area contributed by atoms with Crippen LogP contribution in [0.1, 0.15) is 28.8 Å². The molecule has 0 fully saturated rings. The maximum atomic E-state index is 12.2. The van der Waals surface area contributed by atoms with Gasteiger partial charge >= 0.3 is 5.97 Å². The summed E-state index contributed by atoms with van der Waals surface area (Å²) < 4.78 is 5.12. The Kier molecular flexibility index (Phi) is 6.53. The fraction of sp³-hybridized carbons (Fsp3) is 0.167. The third kappa shape index (κ3) is 5.65. The van der Waals surface area contributed by atoms with Gasteiger partial charge in [0.25, 0.3) is 0 Å². The van der Waals surface area contributed by atoms with E-state index in [1.807, 2.05) is 72.8 Å². The maximum Gasteiger partial charge on any atom is 0.306 e. The third-order valence-electron chi connectivity index (χ3n) is 4.37. The normalized spacial score (nSPS) is 10.4. The highest BCUT2D eigenvalue weighted by molar-refractivity contribution is 5.98. The molecular formula is C24H22O3. The van der Waals surface area contributed by atoms with Crippen molar-refractivity contribution in [3.05, 3.63) is 96.1 Å². The molecule has 136 valence electrons. The van der Waals surface area contributed by atoms with Crippen LogP contribution in [-0.2, 0) is 16.0 Å². The van der Waals surface area contributed by atoms with Gasteiger partial charge in [-0.2, -0.15) is 0 Å². The summed E-state index contributed by atoms with van der Waals surface area (Å²) >= 11 is 0. The number of carbonyl (C=O) groups is 2. The lowest BCUT2D eigenvalue weighted by Crippen LogP contribution is -2.14. The molecule has 3 rings (SSSR count). The molecule has 3 nitrogen and oxygen atoms in total. The lowest BCUT2D eigenvalue weighted by Gasteiger charge is -2.06. The minimum absolute atomic E-state index is 0.189. The SMILES string of the molecule is O=C(CCCc1ccccc1)OCC(=O)c1ccc(-c2ccccc2)cc1. The van der Waals surface area contributed by atoms with E-state index in [-0.39, 0.29) is 18.4 Å². The first-order chi connectivity index (χ1) is 13.2. The summed E-state index contributed by atoms with van der Waals surface area (Å²) in [6.07, 6.45) is 1.85. The van der Waals surface area contributed by atoms with Gasteiger partial charge < -0.3 is 4.74 Å². The minimum Gasteiger partial charge on any atom is -0.457 e. The van der Waals surface area contributed by atoms with Gasteiger partial charge in [-0.1, -0.05) is 84.9 Å². The van der Waals surface area contributed by atoms with E-state index in [0.29, 0.717) is 18.4 Å². The summed E-state index contributed by atoms with van der Waals surface area (Å²) in [6.45, 7) is -0.213. The van der Waals surface area contributed by atoms with E-state index >= 15 is 0 Å². The average molecular weight is 358 g/mol. The molecule has 27 heavy (non-hydrogen) atoms. The Hall–Kier alpha value is -3.20. The molecule has 3 aromatic carbocycles. The summed E-state index contributed by atoms with van der Waals surface area (Å²) in [6, 6.07) is 27.3. The topological polar surface area (TPSA) is 43.4 Å². The first kappa shape index (κ1) is 18.6. The van der Waals surface area contributed by atoms with Gasteiger partial charge in [-0.25, -0.2) is 0 Å². The lowest BCUT2D eigenvalue weighted by atomic mass is 10.0. The van der Waals surface area contributed by atoms with Crippen LogP contribution in [0, 0.1) is 0 Å². The minimum atomic E-state index is -0.333. The largest absolute Gasteiger partial charge is 0.457 e. The van der Waals surface area contributed by atoms with Crippen molar-refractivity contribution in [2.45, 2.75) is 19.3 Å². The molecule has 0 saturated carbocycles. The first-order valence-corrected chi connectivity index (χ1v) is 9.10. The summed E-state index contributed by atoms with van der Waals surface area (Å²) in [4.78, 5) is 24.0. The van der Waals surface area contributed by atoms with Crippen LogP contribution in [-0.4, -0.2) is 18.4 Å². The van der Waals surface area contributed by atoms with Gasteiger partial charge in [-0.15, -0.1) is 0 Å². The van der Waals surface area contributed by atoms with E-state index < -0.39 is 0 Å². The van der Waals surface area contributed by atoms with Crippen LogP contribution in [0.2, 0.25) is 0 Å². The molecule has 0 bridgehead atoms. The maximum absolute atomic E-state index is 12.2. The summed E-state index contributed by atoms with van der Waals surface area (Å²) in [5.41, 5.74) is 3.89. The number of ketones is 1. The molecule has 0 heterocycles. The molecule has 0 aliphatic rings. The predicted molar refractivity (Wildman–Crippen MR) is 107 cm³/mol. The molecular weight excluding hydrogens is 336 g/mol. The smallest absolute Gasteiger partial charge is 0.306 e. The van der Waals surface area contributed by atoms with Crippen molar-refractivity contribution in [3.63, 3.8) is 0 Å². The Balaban J connectivity index is 1.44. The van der Waals surface area contributed by atoms with Gasteiger partial charge in [0.2, 0.25) is 0 Å². The monoisotopic (exact) mass is 358 g/mol. The zero-order valence-electron chi connectivity index (χ0n) is 15.1.